The maximum atomic E-state index is 2.36. The van der Waals surface area contributed by atoms with Crippen LogP contribution >= 0.6 is 0 Å². The van der Waals surface area contributed by atoms with Crippen LogP contribution in [0.4, 0.5) is 0 Å². The summed E-state index contributed by atoms with van der Waals surface area (Å²) < 4.78 is 0. The smallest absolute Gasteiger partial charge is 0 e. The summed E-state index contributed by atoms with van der Waals surface area (Å²) in [5, 5.41) is 0. The molecule has 0 aromatic rings. The first-order valence-electron chi connectivity index (χ1n) is 2.90. The second-order valence-electron chi connectivity index (χ2n) is 2.17. The van der Waals surface area contributed by atoms with Gasteiger partial charge in [-0.1, -0.05) is 0 Å². The van der Waals surface area contributed by atoms with Crippen molar-refractivity contribution in [3.05, 3.63) is 6.42 Å². The molecule has 2 heteroatoms. The Morgan fingerprint density at radius 1 is 1.25 bits per heavy atom. The normalized spacial score (nSPS) is 22.1. The van der Waals surface area contributed by atoms with Gasteiger partial charge in [0, 0.05) is 35.6 Å². The molecule has 0 N–H and O–H groups in total. The van der Waals surface area contributed by atoms with Crippen LogP contribution in [0.3, 0.4) is 0 Å². The largest absolute Gasteiger partial charge is 0.326 e. The molecule has 0 unspecified atom stereocenters. The Hall–Kier alpha value is 1.15. The number of nitrogens with zero attached hydrogens (tertiary/aromatic N) is 1. The van der Waals surface area contributed by atoms with E-state index in [9.17, 15) is 0 Å². The van der Waals surface area contributed by atoms with E-state index in [2.05, 4.69) is 18.4 Å². The fourth-order valence-electron chi connectivity index (χ4n) is 0.879. The molecule has 1 aliphatic heterocycles. The summed E-state index contributed by atoms with van der Waals surface area (Å²) in [6, 6.07) is 0. The Morgan fingerprint density at radius 3 is 2.00 bits per heavy atom. The molecule has 0 saturated carbocycles. The van der Waals surface area contributed by atoms with Crippen LogP contribution in [0.2, 0.25) is 0 Å². The Bertz CT molecular complexity index is 50.5. The molecular formula is C6H12LaN-. The van der Waals surface area contributed by atoms with Gasteiger partial charge in [0.15, 0.2) is 0 Å². The summed E-state index contributed by atoms with van der Waals surface area (Å²) in [5.74, 6) is 0. The molecule has 0 atom stereocenters. The van der Waals surface area contributed by atoms with Gasteiger partial charge < -0.3 is 11.3 Å². The summed E-state index contributed by atoms with van der Waals surface area (Å²) in [4.78, 5) is 2.36. The second kappa shape index (κ2) is 4.98. The van der Waals surface area contributed by atoms with Gasteiger partial charge >= 0.3 is 0 Å². The Labute approximate surface area is 79.4 Å². The Balaban J connectivity index is 0.000000490. The van der Waals surface area contributed by atoms with Gasteiger partial charge in [-0.05, 0) is 20.1 Å². The van der Waals surface area contributed by atoms with E-state index in [1.165, 1.54) is 25.9 Å². The molecule has 45 valence electrons. The number of hydrogen-bond acceptors (Lipinski definition) is 1. The van der Waals surface area contributed by atoms with Crippen molar-refractivity contribution in [3.8, 4) is 0 Å². The van der Waals surface area contributed by atoms with Crippen molar-refractivity contribution >= 4 is 0 Å². The van der Waals surface area contributed by atoms with Crippen LogP contribution in [0, 0.1) is 42.0 Å². The van der Waals surface area contributed by atoms with E-state index in [-0.39, 0.29) is 35.6 Å². The predicted molar refractivity (Wildman–Crippen MR) is 31.0 cm³/mol. The van der Waals surface area contributed by atoms with E-state index in [1.54, 1.807) is 0 Å². The topological polar surface area (TPSA) is 3.24 Å². The summed E-state index contributed by atoms with van der Waals surface area (Å²) in [6.07, 6.45) is 4.94. The van der Waals surface area contributed by atoms with Crippen LogP contribution in [0.15, 0.2) is 0 Å². The quantitative estimate of drug-likeness (QED) is 0.566. The molecule has 1 fully saturated rings. The van der Waals surface area contributed by atoms with Gasteiger partial charge in [0.1, 0.15) is 0 Å². The van der Waals surface area contributed by atoms with Gasteiger partial charge in [-0.2, -0.15) is 12.8 Å². The fraction of sp³-hybridized carbons (Fsp3) is 0.833. The third-order valence-electron chi connectivity index (χ3n) is 1.43. The summed E-state index contributed by atoms with van der Waals surface area (Å²) in [7, 11) is 2.17. The summed E-state index contributed by atoms with van der Waals surface area (Å²) in [5.41, 5.74) is 0. The Kier molecular flexibility index (Phi) is 5.70. The number of likely N-dealkylation sites (tertiary alicyclic amines) is 1. The van der Waals surface area contributed by atoms with Crippen LogP contribution in [-0.2, 0) is 0 Å². The van der Waals surface area contributed by atoms with Gasteiger partial charge in [0.05, 0.1) is 0 Å². The standard InChI is InChI=1S/C6H12N.La/c1-7-5-3-2-4-6-7;/h2H,3-6H2,1H3;/q-1;. The summed E-state index contributed by atoms with van der Waals surface area (Å²) in [6.45, 7) is 2.53. The molecule has 1 radical (unpaired) electrons. The fourth-order valence-corrected chi connectivity index (χ4v) is 0.879. The van der Waals surface area contributed by atoms with Crippen molar-refractivity contribution in [2.24, 2.45) is 0 Å². The van der Waals surface area contributed by atoms with Crippen LogP contribution < -0.4 is 0 Å². The molecular weight excluding hydrogens is 225 g/mol. The van der Waals surface area contributed by atoms with E-state index >= 15 is 0 Å². The van der Waals surface area contributed by atoms with Crippen LogP contribution in [-0.4, -0.2) is 25.0 Å². The van der Waals surface area contributed by atoms with E-state index in [1.807, 2.05) is 0 Å². The average molecular weight is 237 g/mol. The van der Waals surface area contributed by atoms with Gasteiger partial charge in [0.25, 0.3) is 0 Å². The minimum Gasteiger partial charge on any atom is -0.326 e. The van der Waals surface area contributed by atoms with Crippen molar-refractivity contribution in [3.63, 3.8) is 0 Å². The Morgan fingerprint density at radius 2 is 1.75 bits per heavy atom. The van der Waals surface area contributed by atoms with E-state index < -0.39 is 0 Å². The second-order valence-corrected chi connectivity index (χ2v) is 2.17. The molecule has 1 saturated heterocycles. The zero-order valence-electron chi connectivity index (χ0n) is 5.43. The van der Waals surface area contributed by atoms with Crippen molar-refractivity contribution in [1.29, 1.82) is 0 Å². The first kappa shape index (κ1) is 9.15. The number of piperidine rings is 1. The van der Waals surface area contributed by atoms with E-state index in [0.717, 1.165) is 0 Å². The molecule has 1 heterocycles. The first-order valence-corrected chi connectivity index (χ1v) is 2.90. The predicted octanol–water partition coefficient (Wildman–Crippen LogP) is 0.916. The molecule has 0 bridgehead atoms. The molecule has 0 aliphatic carbocycles. The number of rotatable bonds is 0. The van der Waals surface area contributed by atoms with Gasteiger partial charge in [-0.15, -0.1) is 0 Å². The van der Waals surface area contributed by atoms with Crippen molar-refractivity contribution in [2.75, 3.05) is 20.1 Å². The number of hydrogen-bond donors (Lipinski definition) is 0. The zero-order chi connectivity index (χ0) is 5.11. The molecule has 0 amide bonds. The zero-order valence-corrected chi connectivity index (χ0v) is 9.06. The molecule has 0 spiro atoms. The van der Waals surface area contributed by atoms with Crippen LogP contribution in [0.5, 0.6) is 0 Å². The van der Waals surface area contributed by atoms with E-state index in [4.69, 9.17) is 0 Å². The van der Waals surface area contributed by atoms with Crippen LogP contribution in [0.1, 0.15) is 12.8 Å². The molecule has 1 aliphatic rings. The third-order valence-corrected chi connectivity index (χ3v) is 1.43. The van der Waals surface area contributed by atoms with Crippen molar-refractivity contribution in [1.82, 2.24) is 4.90 Å². The van der Waals surface area contributed by atoms with E-state index in [0.29, 0.717) is 0 Å². The molecule has 0 aromatic carbocycles. The summed E-state index contributed by atoms with van der Waals surface area (Å²) >= 11 is 0. The molecule has 1 nitrogen and oxygen atoms in total. The van der Waals surface area contributed by atoms with Gasteiger partial charge in [-0.25, -0.2) is 0 Å². The van der Waals surface area contributed by atoms with Gasteiger partial charge in [-0.3, -0.25) is 0 Å². The van der Waals surface area contributed by atoms with Crippen molar-refractivity contribution in [2.45, 2.75) is 12.8 Å². The minimum absolute atomic E-state index is 0. The molecule has 0 aromatic heterocycles. The molecule has 1 rings (SSSR count). The first-order chi connectivity index (χ1) is 3.39. The monoisotopic (exact) mass is 237 g/mol. The van der Waals surface area contributed by atoms with Crippen LogP contribution in [0.25, 0.3) is 0 Å². The maximum Gasteiger partial charge on any atom is 0 e. The minimum atomic E-state index is 0. The average Bonchev–Trinajstić information content (AvgIpc) is 1.69. The SMILES string of the molecule is CN1CC[CH-]CC1.[La]. The third kappa shape index (κ3) is 3.23. The molecule has 8 heavy (non-hydrogen) atoms. The van der Waals surface area contributed by atoms with Crippen molar-refractivity contribution < 1.29 is 35.6 Å². The maximum absolute atomic E-state index is 2.36. The van der Waals surface area contributed by atoms with Gasteiger partial charge in [0.2, 0.25) is 0 Å².